The Bertz CT molecular complexity index is 268. The van der Waals surface area contributed by atoms with Crippen molar-refractivity contribution in [2.45, 2.75) is 32.6 Å². The van der Waals surface area contributed by atoms with Gasteiger partial charge in [-0.3, -0.25) is 9.97 Å². The molecule has 0 saturated carbocycles. The van der Waals surface area contributed by atoms with Crippen LogP contribution in [0.3, 0.4) is 0 Å². The molecule has 0 N–H and O–H groups in total. The van der Waals surface area contributed by atoms with Crippen LogP contribution in [0.25, 0.3) is 0 Å². The highest BCUT2D eigenvalue weighted by Crippen LogP contribution is 2.16. The molecule has 1 aliphatic carbocycles. The second-order valence-electron chi connectivity index (χ2n) is 3.11. The zero-order chi connectivity index (χ0) is 7.68. The van der Waals surface area contributed by atoms with E-state index in [0.717, 1.165) is 18.5 Å². The number of rotatable bonds is 0. The first-order valence-electron chi connectivity index (χ1n) is 4.17. The Morgan fingerprint density at radius 3 is 2.73 bits per heavy atom. The molecule has 1 heterocycles. The first kappa shape index (κ1) is 6.77. The topological polar surface area (TPSA) is 25.8 Å². The minimum absolute atomic E-state index is 1.05. The zero-order valence-corrected chi connectivity index (χ0v) is 6.80. The van der Waals surface area contributed by atoms with Crippen molar-refractivity contribution in [3.05, 3.63) is 23.3 Å². The third-order valence-electron chi connectivity index (χ3n) is 2.13. The Balaban J connectivity index is 2.43. The fourth-order valence-electron chi connectivity index (χ4n) is 1.55. The smallest absolute Gasteiger partial charge is 0.0621 e. The van der Waals surface area contributed by atoms with E-state index in [2.05, 4.69) is 9.97 Å². The molecule has 0 atom stereocenters. The standard InChI is InChI=1S/C9H12N2/c1-7-6-10-8-4-2-3-5-9(8)11-7/h6H,2-5H2,1H3. The lowest BCUT2D eigenvalue weighted by molar-refractivity contribution is 0.646. The molecule has 1 aromatic heterocycles. The number of fused-ring (bicyclic) bond motifs is 1. The summed E-state index contributed by atoms with van der Waals surface area (Å²) in [4.78, 5) is 8.81. The van der Waals surface area contributed by atoms with Gasteiger partial charge in [0.05, 0.1) is 17.1 Å². The first-order chi connectivity index (χ1) is 5.36. The van der Waals surface area contributed by atoms with Crippen LogP contribution in [0.2, 0.25) is 0 Å². The average molecular weight is 148 g/mol. The molecule has 0 bridgehead atoms. The molecule has 0 saturated heterocycles. The monoisotopic (exact) mass is 148 g/mol. The number of aryl methyl sites for hydroxylation is 3. The summed E-state index contributed by atoms with van der Waals surface area (Å²) in [5.74, 6) is 0. The molecule has 2 nitrogen and oxygen atoms in total. The lowest BCUT2D eigenvalue weighted by atomic mass is 10.0. The Hall–Kier alpha value is -0.920. The van der Waals surface area contributed by atoms with Gasteiger partial charge in [-0.15, -0.1) is 0 Å². The molecule has 0 spiro atoms. The maximum Gasteiger partial charge on any atom is 0.0621 e. The van der Waals surface area contributed by atoms with E-state index in [-0.39, 0.29) is 0 Å². The number of aromatic nitrogens is 2. The second-order valence-corrected chi connectivity index (χ2v) is 3.11. The Morgan fingerprint density at radius 2 is 1.91 bits per heavy atom. The maximum atomic E-state index is 4.45. The normalized spacial score (nSPS) is 16.1. The van der Waals surface area contributed by atoms with Gasteiger partial charge in [-0.25, -0.2) is 0 Å². The van der Waals surface area contributed by atoms with Gasteiger partial charge in [0.2, 0.25) is 0 Å². The SMILES string of the molecule is Cc1cnc2c(n1)CCCC2. The molecule has 2 heteroatoms. The van der Waals surface area contributed by atoms with Crippen LogP contribution in [0, 0.1) is 6.92 Å². The van der Waals surface area contributed by atoms with Crippen LogP contribution in [0.4, 0.5) is 0 Å². The van der Waals surface area contributed by atoms with E-state index in [4.69, 9.17) is 0 Å². The van der Waals surface area contributed by atoms with Crippen LogP contribution >= 0.6 is 0 Å². The number of hydrogen-bond donors (Lipinski definition) is 0. The van der Waals surface area contributed by atoms with E-state index >= 15 is 0 Å². The van der Waals surface area contributed by atoms with E-state index in [1.165, 1.54) is 24.2 Å². The van der Waals surface area contributed by atoms with Crippen LogP contribution in [0.1, 0.15) is 29.9 Å². The van der Waals surface area contributed by atoms with Gasteiger partial charge in [0, 0.05) is 6.20 Å². The lowest BCUT2D eigenvalue weighted by Crippen LogP contribution is -2.08. The van der Waals surface area contributed by atoms with E-state index in [0.29, 0.717) is 0 Å². The molecule has 1 aromatic rings. The summed E-state index contributed by atoms with van der Waals surface area (Å²) in [7, 11) is 0. The van der Waals surface area contributed by atoms with Crippen molar-refractivity contribution in [3.63, 3.8) is 0 Å². The molecule has 0 unspecified atom stereocenters. The average Bonchev–Trinajstić information content (AvgIpc) is 2.04. The Morgan fingerprint density at radius 1 is 1.18 bits per heavy atom. The lowest BCUT2D eigenvalue weighted by Gasteiger charge is -2.12. The van der Waals surface area contributed by atoms with Crippen LogP contribution in [-0.2, 0) is 12.8 Å². The van der Waals surface area contributed by atoms with Gasteiger partial charge in [-0.05, 0) is 32.6 Å². The minimum Gasteiger partial charge on any atom is -0.258 e. The van der Waals surface area contributed by atoms with Gasteiger partial charge in [-0.1, -0.05) is 0 Å². The summed E-state index contributed by atoms with van der Waals surface area (Å²) in [6, 6.07) is 0. The van der Waals surface area contributed by atoms with Crippen molar-refractivity contribution in [2.75, 3.05) is 0 Å². The third-order valence-corrected chi connectivity index (χ3v) is 2.13. The van der Waals surface area contributed by atoms with Gasteiger partial charge in [-0.2, -0.15) is 0 Å². The van der Waals surface area contributed by atoms with Crippen LogP contribution in [0.15, 0.2) is 6.20 Å². The van der Waals surface area contributed by atoms with E-state index in [1.807, 2.05) is 13.1 Å². The summed E-state index contributed by atoms with van der Waals surface area (Å²) in [6.07, 6.45) is 6.69. The summed E-state index contributed by atoms with van der Waals surface area (Å²) < 4.78 is 0. The Kier molecular flexibility index (Phi) is 1.60. The van der Waals surface area contributed by atoms with E-state index in [1.54, 1.807) is 0 Å². The third kappa shape index (κ3) is 1.25. The molecular formula is C9H12N2. The molecular weight excluding hydrogens is 136 g/mol. The van der Waals surface area contributed by atoms with Crippen molar-refractivity contribution < 1.29 is 0 Å². The molecule has 0 radical (unpaired) electrons. The highest BCUT2D eigenvalue weighted by atomic mass is 14.8. The fourth-order valence-corrected chi connectivity index (χ4v) is 1.55. The fraction of sp³-hybridized carbons (Fsp3) is 0.556. The molecule has 11 heavy (non-hydrogen) atoms. The van der Waals surface area contributed by atoms with Crippen LogP contribution in [-0.4, -0.2) is 9.97 Å². The van der Waals surface area contributed by atoms with Gasteiger partial charge in [0.15, 0.2) is 0 Å². The molecule has 0 aromatic carbocycles. The number of hydrogen-bond acceptors (Lipinski definition) is 2. The van der Waals surface area contributed by atoms with Crippen LogP contribution in [0.5, 0.6) is 0 Å². The maximum absolute atomic E-state index is 4.45. The van der Waals surface area contributed by atoms with Crippen LogP contribution < -0.4 is 0 Å². The van der Waals surface area contributed by atoms with E-state index < -0.39 is 0 Å². The van der Waals surface area contributed by atoms with Gasteiger partial charge in [0.1, 0.15) is 0 Å². The number of nitrogens with zero attached hydrogens (tertiary/aromatic N) is 2. The molecule has 58 valence electrons. The van der Waals surface area contributed by atoms with Crippen molar-refractivity contribution in [1.29, 1.82) is 0 Å². The largest absolute Gasteiger partial charge is 0.258 e. The molecule has 0 amide bonds. The zero-order valence-electron chi connectivity index (χ0n) is 6.80. The minimum atomic E-state index is 1.05. The molecule has 1 aliphatic rings. The highest BCUT2D eigenvalue weighted by molar-refractivity contribution is 5.16. The van der Waals surface area contributed by atoms with Crippen molar-refractivity contribution in [3.8, 4) is 0 Å². The summed E-state index contributed by atoms with van der Waals surface area (Å²) >= 11 is 0. The predicted molar refractivity (Wildman–Crippen MR) is 43.4 cm³/mol. The summed E-state index contributed by atoms with van der Waals surface area (Å²) in [6.45, 7) is 2.00. The quantitative estimate of drug-likeness (QED) is 0.559. The summed E-state index contributed by atoms with van der Waals surface area (Å²) in [5, 5.41) is 0. The van der Waals surface area contributed by atoms with Crippen molar-refractivity contribution in [2.24, 2.45) is 0 Å². The van der Waals surface area contributed by atoms with Gasteiger partial charge >= 0.3 is 0 Å². The van der Waals surface area contributed by atoms with Crippen molar-refractivity contribution in [1.82, 2.24) is 9.97 Å². The second kappa shape index (κ2) is 2.61. The first-order valence-corrected chi connectivity index (χ1v) is 4.17. The van der Waals surface area contributed by atoms with Crippen molar-refractivity contribution >= 4 is 0 Å². The Labute approximate surface area is 66.7 Å². The summed E-state index contributed by atoms with van der Waals surface area (Å²) in [5.41, 5.74) is 3.50. The van der Waals surface area contributed by atoms with E-state index in [9.17, 15) is 0 Å². The highest BCUT2D eigenvalue weighted by Gasteiger charge is 2.10. The molecule has 2 rings (SSSR count). The molecule has 0 aliphatic heterocycles. The van der Waals surface area contributed by atoms with Gasteiger partial charge < -0.3 is 0 Å². The predicted octanol–water partition coefficient (Wildman–Crippen LogP) is 1.66. The molecule has 0 fully saturated rings. The van der Waals surface area contributed by atoms with Gasteiger partial charge in [0.25, 0.3) is 0 Å².